The summed E-state index contributed by atoms with van der Waals surface area (Å²) in [5, 5.41) is 3.25. The molecule has 2 aliphatic rings. The van der Waals surface area contributed by atoms with Crippen LogP contribution in [0.3, 0.4) is 0 Å². The first kappa shape index (κ1) is 15.8. The van der Waals surface area contributed by atoms with Crippen molar-refractivity contribution in [2.75, 3.05) is 18.4 Å². The molecule has 7 nitrogen and oxygen atoms in total. The Bertz CT molecular complexity index is 569. The number of anilines is 1. The van der Waals surface area contributed by atoms with Crippen LogP contribution in [0.4, 0.5) is 10.7 Å². The molecule has 1 aliphatic heterocycles. The van der Waals surface area contributed by atoms with E-state index >= 15 is 0 Å². The molecule has 3 rings (SSSR count). The Kier molecular flexibility index (Phi) is 4.28. The number of hydrogen-bond acceptors (Lipinski definition) is 6. The predicted molar refractivity (Wildman–Crippen MR) is 85.5 cm³/mol. The Hall–Kier alpha value is -2.05. The molecular weight excluding hydrogens is 296 g/mol. The molecule has 1 aromatic rings. The van der Waals surface area contributed by atoms with E-state index in [-0.39, 0.29) is 12.2 Å². The van der Waals surface area contributed by atoms with Crippen molar-refractivity contribution in [2.45, 2.75) is 57.8 Å². The third-order valence-corrected chi connectivity index (χ3v) is 3.62. The summed E-state index contributed by atoms with van der Waals surface area (Å²) in [5.41, 5.74) is -0.480. The molecule has 2 fully saturated rings. The summed E-state index contributed by atoms with van der Waals surface area (Å²) in [7, 11) is 0. The predicted octanol–water partition coefficient (Wildman–Crippen LogP) is 2.44. The van der Waals surface area contributed by atoms with Gasteiger partial charge in [-0.15, -0.1) is 0 Å². The zero-order valence-corrected chi connectivity index (χ0v) is 13.9. The lowest BCUT2D eigenvalue weighted by Crippen LogP contribution is -2.36. The van der Waals surface area contributed by atoms with Crippen LogP contribution in [0.15, 0.2) is 12.3 Å². The maximum Gasteiger partial charge on any atom is 0.410 e. The normalized spacial score (nSPS) is 21.2. The van der Waals surface area contributed by atoms with Crippen molar-refractivity contribution in [3.63, 3.8) is 0 Å². The molecule has 7 heteroatoms. The van der Waals surface area contributed by atoms with E-state index < -0.39 is 5.60 Å². The second-order valence-corrected chi connectivity index (χ2v) is 7.09. The van der Waals surface area contributed by atoms with Gasteiger partial charge in [0.25, 0.3) is 0 Å². The first-order valence-corrected chi connectivity index (χ1v) is 8.13. The van der Waals surface area contributed by atoms with Gasteiger partial charge in [0, 0.05) is 31.3 Å². The SMILES string of the molecule is CC(C)(C)OC(=O)N1CC[C@H](Oc2ccnc(NC3CC3)n2)C1. The zero-order valence-electron chi connectivity index (χ0n) is 13.9. The summed E-state index contributed by atoms with van der Waals surface area (Å²) in [5.74, 6) is 1.14. The van der Waals surface area contributed by atoms with Crippen molar-refractivity contribution in [3.05, 3.63) is 12.3 Å². The lowest BCUT2D eigenvalue weighted by molar-refractivity contribution is 0.0275. The molecular formula is C16H24N4O3. The average Bonchev–Trinajstić information content (AvgIpc) is 3.13. The van der Waals surface area contributed by atoms with Crippen molar-refractivity contribution in [1.82, 2.24) is 14.9 Å². The third-order valence-electron chi connectivity index (χ3n) is 3.62. The van der Waals surface area contributed by atoms with Gasteiger partial charge in [-0.2, -0.15) is 4.98 Å². The number of carbonyl (C=O) groups excluding carboxylic acids is 1. The quantitative estimate of drug-likeness (QED) is 0.918. The first-order chi connectivity index (χ1) is 10.9. The van der Waals surface area contributed by atoms with Gasteiger partial charge in [-0.3, -0.25) is 0 Å². The van der Waals surface area contributed by atoms with Crippen molar-refractivity contribution in [2.24, 2.45) is 0 Å². The molecule has 126 valence electrons. The molecule has 0 radical (unpaired) electrons. The molecule has 1 aromatic heterocycles. The van der Waals surface area contributed by atoms with Crippen LogP contribution in [0.5, 0.6) is 5.88 Å². The largest absolute Gasteiger partial charge is 0.472 e. The molecule has 1 amide bonds. The molecule has 2 heterocycles. The maximum atomic E-state index is 12.1. The number of amides is 1. The number of ether oxygens (including phenoxy) is 2. The Balaban J connectivity index is 1.52. The summed E-state index contributed by atoms with van der Waals surface area (Å²) in [6.45, 7) is 6.75. The Morgan fingerprint density at radius 1 is 1.35 bits per heavy atom. The highest BCUT2D eigenvalue weighted by Crippen LogP contribution is 2.24. The van der Waals surface area contributed by atoms with E-state index in [1.165, 1.54) is 12.8 Å². The second kappa shape index (κ2) is 6.22. The summed E-state index contributed by atoms with van der Waals surface area (Å²) in [6, 6.07) is 2.24. The molecule has 1 N–H and O–H groups in total. The number of carbonyl (C=O) groups is 1. The highest BCUT2D eigenvalue weighted by molar-refractivity contribution is 5.68. The van der Waals surface area contributed by atoms with Crippen LogP contribution in [0.1, 0.15) is 40.0 Å². The fourth-order valence-corrected chi connectivity index (χ4v) is 2.38. The molecule has 0 unspecified atom stereocenters. The number of nitrogens with one attached hydrogen (secondary N) is 1. The topological polar surface area (TPSA) is 76.6 Å². The number of likely N-dealkylation sites (tertiary alicyclic amines) is 1. The summed E-state index contributed by atoms with van der Waals surface area (Å²) < 4.78 is 11.3. The summed E-state index contributed by atoms with van der Waals surface area (Å²) in [6.07, 6.45) is 4.44. The number of rotatable bonds is 4. The second-order valence-electron chi connectivity index (χ2n) is 7.09. The van der Waals surface area contributed by atoms with E-state index in [1.54, 1.807) is 17.2 Å². The van der Waals surface area contributed by atoms with Gasteiger partial charge < -0.3 is 19.7 Å². The van der Waals surface area contributed by atoms with E-state index in [9.17, 15) is 4.79 Å². The van der Waals surface area contributed by atoms with Crippen LogP contribution < -0.4 is 10.1 Å². The minimum atomic E-state index is -0.480. The molecule has 23 heavy (non-hydrogen) atoms. The zero-order chi connectivity index (χ0) is 16.4. The van der Waals surface area contributed by atoms with E-state index in [1.807, 2.05) is 20.8 Å². The molecule has 0 aromatic carbocycles. The van der Waals surface area contributed by atoms with Crippen LogP contribution in [0.25, 0.3) is 0 Å². The van der Waals surface area contributed by atoms with Gasteiger partial charge in [-0.25, -0.2) is 9.78 Å². The lowest BCUT2D eigenvalue weighted by Gasteiger charge is -2.24. The van der Waals surface area contributed by atoms with Gasteiger partial charge in [-0.05, 0) is 33.6 Å². The molecule has 1 aliphatic carbocycles. The first-order valence-electron chi connectivity index (χ1n) is 8.13. The monoisotopic (exact) mass is 320 g/mol. The van der Waals surface area contributed by atoms with Crippen LogP contribution in [-0.4, -0.2) is 51.8 Å². The molecule has 1 saturated carbocycles. The van der Waals surface area contributed by atoms with E-state index in [0.717, 1.165) is 6.42 Å². The Morgan fingerprint density at radius 3 is 2.83 bits per heavy atom. The van der Waals surface area contributed by atoms with Crippen LogP contribution >= 0.6 is 0 Å². The number of hydrogen-bond donors (Lipinski definition) is 1. The summed E-state index contributed by atoms with van der Waals surface area (Å²) >= 11 is 0. The third kappa shape index (κ3) is 4.71. The number of nitrogens with zero attached hydrogens (tertiary/aromatic N) is 3. The van der Waals surface area contributed by atoms with Gasteiger partial charge >= 0.3 is 6.09 Å². The Morgan fingerprint density at radius 2 is 2.13 bits per heavy atom. The van der Waals surface area contributed by atoms with Crippen molar-refractivity contribution in [1.29, 1.82) is 0 Å². The fraction of sp³-hybridized carbons (Fsp3) is 0.688. The molecule has 1 atom stereocenters. The van der Waals surface area contributed by atoms with Gasteiger partial charge in [0.1, 0.15) is 11.7 Å². The van der Waals surface area contributed by atoms with Gasteiger partial charge in [0.05, 0.1) is 6.54 Å². The standard InChI is InChI=1S/C16H24N4O3/c1-16(2,3)23-15(21)20-9-7-12(10-20)22-13-6-8-17-14(19-13)18-11-4-5-11/h6,8,11-12H,4-5,7,9-10H2,1-3H3,(H,17,18,19)/t12-/m0/s1. The minimum absolute atomic E-state index is 0.0637. The van der Waals surface area contributed by atoms with E-state index in [0.29, 0.717) is 31.0 Å². The smallest absolute Gasteiger partial charge is 0.410 e. The van der Waals surface area contributed by atoms with Crippen molar-refractivity contribution in [3.8, 4) is 5.88 Å². The average molecular weight is 320 g/mol. The fourth-order valence-electron chi connectivity index (χ4n) is 2.38. The van der Waals surface area contributed by atoms with Gasteiger partial charge in [-0.1, -0.05) is 0 Å². The highest BCUT2D eigenvalue weighted by atomic mass is 16.6. The van der Waals surface area contributed by atoms with Crippen LogP contribution in [0.2, 0.25) is 0 Å². The van der Waals surface area contributed by atoms with E-state index in [4.69, 9.17) is 9.47 Å². The van der Waals surface area contributed by atoms with Crippen molar-refractivity contribution < 1.29 is 14.3 Å². The lowest BCUT2D eigenvalue weighted by atomic mass is 10.2. The van der Waals surface area contributed by atoms with Gasteiger partial charge in [0.2, 0.25) is 11.8 Å². The maximum absolute atomic E-state index is 12.1. The van der Waals surface area contributed by atoms with Crippen LogP contribution in [0, 0.1) is 0 Å². The number of aromatic nitrogens is 2. The van der Waals surface area contributed by atoms with Crippen molar-refractivity contribution >= 4 is 12.0 Å². The molecule has 0 bridgehead atoms. The highest BCUT2D eigenvalue weighted by Gasteiger charge is 2.31. The van der Waals surface area contributed by atoms with E-state index in [2.05, 4.69) is 15.3 Å². The molecule has 1 saturated heterocycles. The Labute approximate surface area is 136 Å². The minimum Gasteiger partial charge on any atom is -0.472 e. The molecule has 0 spiro atoms. The van der Waals surface area contributed by atoms with Crippen LogP contribution in [-0.2, 0) is 4.74 Å². The summed E-state index contributed by atoms with van der Waals surface area (Å²) in [4.78, 5) is 22.3. The van der Waals surface area contributed by atoms with Gasteiger partial charge in [0.15, 0.2) is 0 Å².